The number of carbonyl (C=O) groups is 1. The Hall–Kier alpha value is -1.71. The first-order chi connectivity index (χ1) is 8.19. The van der Waals surface area contributed by atoms with E-state index in [0.29, 0.717) is 12.3 Å². The van der Waals surface area contributed by atoms with Crippen LogP contribution in [0.4, 0.5) is 0 Å². The van der Waals surface area contributed by atoms with Crippen molar-refractivity contribution in [3.63, 3.8) is 0 Å². The van der Waals surface area contributed by atoms with Crippen LogP contribution in [0.5, 0.6) is 11.5 Å². The van der Waals surface area contributed by atoms with Crippen LogP contribution in [-0.2, 0) is 0 Å². The Bertz CT molecular complexity index is 377. The summed E-state index contributed by atoms with van der Waals surface area (Å²) in [6.45, 7) is 2.74. The van der Waals surface area contributed by atoms with Gasteiger partial charge < -0.3 is 15.2 Å². The summed E-state index contributed by atoms with van der Waals surface area (Å²) >= 11 is 0. The lowest BCUT2D eigenvalue weighted by Gasteiger charge is -2.08. The Kier molecular flexibility index (Phi) is 5.33. The van der Waals surface area contributed by atoms with E-state index in [1.807, 2.05) is 0 Å². The van der Waals surface area contributed by atoms with Crippen molar-refractivity contribution in [3.05, 3.63) is 23.8 Å². The fourth-order valence-corrected chi connectivity index (χ4v) is 1.50. The predicted octanol–water partition coefficient (Wildman–Crippen LogP) is 2.32. The first-order valence-corrected chi connectivity index (χ1v) is 5.84. The summed E-state index contributed by atoms with van der Waals surface area (Å²) in [7, 11) is 1.52. The van der Waals surface area contributed by atoms with E-state index in [4.69, 9.17) is 4.74 Å². The number of methoxy groups -OCH3 is 1. The zero-order valence-corrected chi connectivity index (χ0v) is 10.3. The van der Waals surface area contributed by atoms with Crippen molar-refractivity contribution in [1.82, 2.24) is 5.32 Å². The lowest BCUT2D eigenvalue weighted by molar-refractivity contribution is 0.0950. The number of carbonyl (C=O) groups excluding carboxylic acids is 1. The second kappa shape index (κ2) is 6.78. The number of rotatable bonds is 6. The number of hydrogen-bond acceptors (Lipinski definition) is 3. The van der Waals surface area contributed by atoms with Crippen LogP contribution in [0.15, 0.2) is 18.2 Å². The van der Waals surface area contributed by atoms with Crippen LogP contribution in [0.2, 0.25) is 0 Å². The minimum Gasteiger partial charge on any atom is -0.507 e. The topological polar surface area (TPSA) is 58.6 Å². The molecule has 4 nitrogen and oxygen atoms in total. The van der Waals surface area contributed by atoms with Gasteiger partial charge >= 0.3 is 0 Å². The number of hydrogen-bond donors (Lipinski definition) is 2. The zero-order valence-electron chi connectivity index (χ0n) is 10.3. The Morgan fingerprint density at radius 3 is 2.82 bits per heavy atom. The molecule has 1 rings (SSSR count). The van der Waals surface area contributed by atoms with E-state index >= 15 is 0 Å². The Morgan fingerprint density at radius 1 is 1.41 bits per heavy atom. The van der Waals surface area contributed by atoms with Gasteiger partial charge in [0.1, 0.15) is 11.5 Å². The average Bonchev–Trinajstić information content (AvgIpc) is 2.35. The van der Waals surface area contributed by atoms with Gasteiger partial charge in [-0.25, -0.2) is 0 Å². The molecule has 0 bridgehead atoms. The van der Waals surface area contributed by atoms with Crippen molar-refractivity contribution in [3.8, 4) is 11.5 Å². The normalized spacial score (nSPS) is 10.0. The molecular formula is C13H19NO3. The summed E-state index contributed by atoms with van der Waals surface area (Å²) in [5, 5.41) is 12.4. The maximum atomic E-state index is 11.8. The number of phenols is 1. The Labute approximate surface area is 102 Å². The van der Waals surface area contributed by atoms with Crippen molar-refractivity contribution in [2.75, 3.05) is 13.7 Å². The van der Waals surface area contributed by atoms with Gasteiger partial charge in [-0.2, -0.15) is 0 Å². The molecule has 0 saturated heterocycles. The molecule has 0 aliphatic carbocycles. The fourth-order valence-electron chi connectivity index (χ4n) is 1.50. The SMILES string of the molecule is CCCCCNC(=O)c1cc(OC)ccc1O. The Morgan fingerprint density at radius 2 is 2.18 bits per heavy atom. The van der Waals surface area contributed by atoms with Gasteiger partial charge in [-0.05, 0) is 24.6 Å². The van der Waals surface area contributed by atoms with Crippen LogP contribution in [0, 0.1) is 0 Å². The number of phenolic OH excluding ortho intramolecular Hbond substituents is 1. The third kappa shape index (κ3) is 3.98. The van der Waals surface area contributed by atoms with Crippen molar-refractivity contribution in [2.24, 2.45) is 0 Å². The van der Waals surface area contributed by atoms with Crippen LogP contribution < -0.4 is 10.1 Å². The van der Waals surface area contributed by atoms with Crippen molar-refractivity contribution in [1.29, 1.82) is 0 Å². The number of ether oxygens (including phenoxy) is 1. The van der Waals surface area contributed by atoms with Crippen LogP contribution in [0.3, 0.4) is 0 Å². The smallest absolute Gasteiger partial charge is 0.255 e. The van der Waals surface area contributed by atoms with Gasteiger partial charge in [-0.3, -0.25) is 4.79 Å². The van der Waals surface area contributed by atoms with E-state index in [1.54, 1.807) is 6.07 Å². The van der Waals surface area contributed by atoms with Gasteiger partial charge in [0.25, 0.3) is 5.91 Å². The highest BCUT2D eigenvalue weighted by Crippen LogP contribution is 2.22. The number of aromatic hydroxyl groups is 1. The second-order valence-corrected chi connectivity index (χ2v) is 3.85. The number of unbranched alkanes of at least 4 members (excludes halogenated alkanes) is 2. The van der Waals surface area contributed by atoms with E-state index in [2.05, 4.69) is 12.2 Å². The summed E-state index contributed by atoms with van der Waals surface area (Å²) in [6.07, 6.45) is 3.15. The highest BCUT2D eigenvalue weighted by Gasteiger charge is 2.11. The monoisotopic (exact) mass is 237 g/mol. The summed E-state index contributed by atoms with van der Waals surface area (Å²) < 4.78 is 5.01. The number of benzene rings is 1. The van der Waals surface area contributed by atoms with Crippen LogP contribution in [0.25, 0.3) is 0 Å². The molecule has 94 valence electrons. The molecule has 0 saturated carbocycles. The molecule has 0 spiro atoms. The lowest BCUT2D eigenvalue weighted by atomic mass is 10.1. The largest absolute Gasteiger partial charge is 0.507 e. The maximum Gasteiger partial charge on any atom is 0.255 e. The molecule has 1 aromatic rings. The van der Waals surface area contributed by atoms with E-state index in [-0.39, 0.29) is 17.2 Å². The van der Waals surface area contributed by atoms with Gasteiger partial charge in [0.15, 0.2) is 0 Å². The van der Waals surface area contributed by atoms with Gasteiger partial charge in [0.05, 0.1) is 12.7 Å². The maximum absolute atomic E-state index is 11.8. The highest BCUT2D eigenvalue weighted by atomic mass is 16.5. The van der Waals surface area contributed by atoms with Gasteiger partial charge in [0.2, 0.25) is 0 Å². The first-order valence-electron chi connectivity index (χ1n) is 5.84. The molecule has 17 heavy (non-hydrogen) atoms. The molecule has 0 unspecified atom stereocenters. The molecule has 0 radical (unpaired) electrons. The van der Waals surface area contributed by atoms with E-state index in [0.717, 1.165) is 19.3 Å². The van der Waals surface area contributed by atoms with E-state index < -0.39 is 0 Å². The summed E-state index contributed by atoms with van der Waals surface area (Å²) in [5.74, 6) is 0.262. The molecule has 0 aromatic heterocycles. The van der Waals surface area contributed by atoms with Crippen LogP contribution in [-0.4, -0.2) is 24.7 Å². The van der Waals surface area contributed by atoms with Gasteiger partial charge in [-0.1, -0.05) is 19.8 Å². The molecule has 0 atom stereocenters. The van der Waals surface area contributed by atoms with Crippen LogP contribution in [0.1, 0.15) is 36.5 Å². The minimum absolute atomic E-state index is 0.0289. The van der Waals surface area contributed by atoms with Gasteiger partial charge in [0, 0.05) is 6.54 Å². The molecule has 1 amide bonds. The van der Waals surface area contributed by atoms with Gasteiger partial charge in [-0.15, -0.1) is 0 Å². The molecule has 2 N–H and O–H groups in total. The standard InChI is InChI=1S/C13H19NO3/c1-3-4-5-8-14-13(16)11-9-10(17-2)6-7-12(11)15/h6-7,9,15H,3-5,8H2,1-2H3,(H,14,16). The third-order valence-electron chi connectivity index (χ3n) is 2.51. The highest BCUT2D eigenvalue weighted by molar-refractivity contribution is 5.97. The summed E-state index contributed by atoms with van der Waals surface area (Å²) in [6, 6.07) is 4.60. The summed E-state index contributed by atoms with van der Waals surface area (Å²) in [4.78, 5) is 11.8. The average molecular weight is 237 g/mol. The van der Waals surface area contributed by atoms with Crippen molar-refractivity contribution < 1.29 is 14.6 Å². The lowest BCUT2D eigenvalue weighted by Crippen LogP contribution is -2.24. The van der Waals surface area contributed by atoms with Crippen molar-refractivity contribution in [2.45, 2.75) is 26.2 Å². The number of nitrogens with one attached hydrogen (secondary N) is 1. The van der Waals surface area contributed by atoms with Crippen molar-refractivity contribution >= 4 is 5.91 Å². The Balaban J connectivity index is 2.61. The second-order valence-electron chi connectivity index (χ2n) is 3.85. The van der Waals surface area contributed by atoms with Crippen LogP contribution >= 0.6 is 0 Å². The molecule has 1 aromatic carbocycles. The number of amides is 1. The molecule has 4 heteroatoms. The summed E-state index contributed by atoms with van der Waals surface area (Å²) in [5.41, 5.74) is 0.251. The molecular weight excluding hydrogens is 218 g/mol. The third-order valence-corrected chi connectivity index (χ3v) is 2.51. The molecule has 0 heterocycles. The van der Waals surface area contributed by atoms with E-state index in [9.17, 15) is 9.90 Å². The minimum atomic E-state index is -0.266. The molecule has 0 aliphatic rings. The quantitative estimate of drug-likeness (QED) is 0.746. The fraction of sp³-hybridized carbons (Fsp3) is 0.462. The molecule has 0 aliphatic heterocycles. The van der Waals surface area contributed by atoms with E-state index in [1.165, 1.54) is 19.2 Å². The molecule has 0 fully saturated rings. The first kappa shape index (κ1) is 13.4. The zero-order chi connectivity index (χ0) is 12.7. The predicted molar refractivity (Wildman–Crippen MR) is 66.5 cm³/mol.